The Bertz CT molecular complexity index is 534. The van der Waals surface area contributed by atoms with Crippen LogP contribution in [0.25, 0.3) is 0 Å². The molecule has 6 nitrogen and oxygen atoms in total. The van der Waals surface area contributed by atoms with Crippen LogP contribution in [0.4, 0.5) is 0 Å². The molecule has 2 saturated heterocycles. The van der Waals surface area contributed by atoms with E-state index in [0.29, 0.717) is 50.3 Å². The summed E-state index contributed by atoms with van der Waals surface area (Å²) in [4.78, 5) is 24.1. The number of epoxide rings is 2. The average Bonchev–Trinajstić information content (AvgIpc) is 3.55. The second kappa shape index (κ2) is 7.85. The highest BCUT2D eigenvalue weighted by Gasteiger charge is 2.46. The van der Waals surface area contributed by atoms with Gasteiger partial charge in [0.05, 0.1) is 43.5 Å². The van der Waals surface area contributed by atoms with Gasteiger partial charge < -0.3 is 18.9 Å². The summed E-state index contributed by atoms with van der Waals surface area (Å²) >= 11 is 0. The van der Waals surface area contributed by atoms with E-state index in [9.17, 15) is 9.59 Å². The molecule has 0 amide bonds. The number of hydrogen-bond acceptors (Lipinski definition) is 6. The van der Waals surface area contributed by atoms with Crippen molar-refractivity contribution in [2.24, 2.45) is 17.8 Å². The van der Waals surface area contributed by atoms with Crippen molar-refractivity contribution < 1.29 is 28.5 Å². The van der Waals surface area contributed by atoms with Gasteiger partial charge in [0, 0.05) is 6.42 Å². The number of carbonyl (C=O) groups excluding carboxylic acids is 2. The predicted molar refractivity (Wildman–Crippen MR) is 92.3 cm³/mol. The van der Waals surface area contributed by atoms with Gasteiger partial charge in [-0.05, 0) is 56.8 Å². The molecule has 2 heterocycles. The van der Waals surface area contributed by atoms with E-state index in [0.717, 1.165) is 38.5 Å². The van der Waals surface area contributed by atoms with Gasteiger partial charge in [0.15, 0.2) is 0 Å². The SMILES string of the molecule is CC(CCC(=O)OCC1CCC2OC2C1)COC(=O)C1CCC2OC2C1. The van der Waals surface area contributed by atoms with Gasteiger partial charge in [-0.3, -0.25) is 9.59 Å². The van der Waals surface area contributed by atoms with Crippen molar-refractivity contribution in [3.05, 3.63) is 0 Å². The van der Waals surface area contributed by atoms with Gasteiger partial charge in [0.25, 0.3) is 0 Å². The van der Waals surface area contributed by atoms with Crippen LogP contribution < -0.4 is 0 Å². The molecule has 0 aromatic carbocycles. The zero-order chi connectivity index (χ0) is 18.1. The fourth-order valence-electron chi connectivity index (χ4n) is 4.33. The molecule has 7 atom stereocenters. The topological polar surface area (TPSA) is 77.7 Å². The predicted octanol–water partition coefficient (Wildman–Crippen LogP) is 2.62. The van der Waals surface area contributed by atoms with E-state index < -0.39 is 0 Å². The quantitative estimate of drug-likeness (QED) is 0.485. The first-order valence-corrected chi connectivity index (χ1v) is 10.2. The van der Waals surface area contributed by atoms with Crippen LogP contribution in [-0.2, 0) is 28.5 Å². The van der Waals surface area contributed by atoms with Crippen molar-refractivity contribution in [1.82, 2.24) is 0 Å². The Morgan fingerprint density at radius 2 is 1.69 bits per heavy atom. The Kier molecular flexibility index (Phi) is 5.50. The molecule has 2 aliphatic heterocycles. The first-order chi connectivity index (χ1) is 12.6. The highest BCUT2D eigenvalue weighted by Crippen LogP contribution is 2.40. The van der Waals surface area contributed by atoms with Gasteiger partial charge in [-0.1, -0.05) is 6.92 Å². The maximum absolute atomic E-state index is 12.1. The minimum absolute atomic E-state index is 0.0125. The van der Waals surface area contributed by atoms with Gasteiger partial charge in [-0.2, -0.15) is 0 Å². The average molecular weight is 366 g/mol. The smallest absolute Gasteiger partial charge is 0.309 e. The molecule has 2 aliphatic carbocycles. The molecule has 0 radical (unpaired) electrons. The lowest BCUT2D eigenvalue weighted by molar-refractivity contribution is -0.150. The molecule has 0 spiro atoms. The summed E-state index contributed by atoms with van der Waals surface area (Å²) in [5.41, 5.74) is 0. The molecule has 0 aromatic rings. The number of ether oxygens (including phenoxy) is 4. The maximum Gasteiger partial charge on any atom is 0.309 e. The maximum atomic E-state index is 12.1. The monoisotopic (exact) mass is 366 g/mol. The number of esters is 2. The van der Waals surface area contributed by atoms with Gasteiger partial charge in [0.1, 0.15) is 0 Å². The van der Waals surface area contributed by atoms with Crippen LogP contribution in [-0.4, -0.2) is 49.6 Å². The molecule has 4 fully saturated rings. The molecule has 146 valence electrons. The van der Waals surface area contributed by atoms with Crippen LogP contribution in [0.1, 0.15) is 58.3 Å². The number of carbonyl (C=O) groups is 2. The molecule has 26 heavy (non-hydrogen) atoms. The Hall–Kier alpha value is -1.14. The molecular formula is C20H30O6. The van der Waals surface area contributed by atoms with Crippen molar-refractivity contribution in [2.75, 3.05) is 13.2 Å². The lowest BCUT2D eigenvalue weighted by atomic mass is 9.89. The lowest BCUT2D eigenvalue weighted by Crippen LogP contribution is -2.25. The third-order valence-corrected chi connectivity index (χ3v) is 6.28. The Labute approximate surface area is 154 Å². The van der Waals surface area contributed by atoms with E-state index in [1.54, 1.807) is 0 Å². The summed E-state index contributed by atoms with van der Waals surface area (Å²) < 4.78 is 21.8. The minimum atomic E-state index is -0.147. The first kappa shape index (κ1) is 18.2. The molecule has 6 heteroatoms. The van der Waals surface area contributed by atoms with E-state index >= 15 is 0 Å². The zero-order valence-corrected chi connectivity index (χ0v) is 15.6. The van der Waals surface area contributed by atoms with Gasteiger partial charge in [-0.15, -0.1) is 0 Å². The third kappa shape index (κ3) is 4.77. The van der Waals surface area contributed by atoms with Crippen molar-refractivity contribution in [3.63, 3.8) is 0 Å². The number of fused-ring (bicyclic) bond motifs is 2. The molecule has 0 bridgehead atoms. The summed E-state index contributed by atoms with van der Waals surface area (Å²) in [6.45, 7) is 2.90. The molecule has 0 aromatic heterocycles. The molecule has 4 rings (SSSR count). The van der Waals surface area contributed by atoms with Crippen LogP contribution in [0.15, 0.2) is 0 Å². The van der Waals surface area contributed by atoms with Crippen LogP contribution >= 0.6 is 0 Å². The Morgan fingerprint density at radius 1 is 0.962 bits per heavy atom. The zero-order valence-electron chi connectivity index (χ0n) is 15.6. The van der Waals surface area contributed by atoms with Crippen molar-refractivity contribution in [1.29, 1.82) is 0 Å². The lowest BCUT2D eigenvalue weighted by Gasteiger charge is -2.20. The molecule has 4 aliphatic rings. The van der Waals surface area contributed by atoms with E-state index in [4.69, 9.17) is 18.9 Å². The van der Waals surface area contributed by atoms with Gasteiger partial charge in [-0.25, -0.2) is 0 Å². The Balaban J connectivity index is 1.06. The van der Waals surface area contributed by atoms with E-state index in [1.165, 1.54) is 0 Å². The fraction of sp³-hybridized carbons (Fsp3) is 0.900. The summed E-state index contributed by atoms with van der Waals surface area (Å²) in [5.74, 6) is 0.348. The number of rotatable bonds is 8. The second-order valence-electron chi connectivity index (χ2n) is 8.57. The van der Waals surface area contributed by atoms with Crippen molar-refractivity contribution in [2.45, 2.75) is 82.7 Å². The van der Waals surface area contributed by atoms with E-state index in [1.807, 2.05) is 6.92 Å². The molecule has 7 unspecified atom stereocenters. The highest BCUT2D eigenvalue weighted by atomic mass is 16.6. The molecule has 2 saturated carbocycles. The molecular weight excluding hydrogens is 336 g/mol. The van der Waals surface area contributed by atoms with Crippen LogP contribution in [0.2, 0.25) is 0 Å². The van der Waals surface area contributed by atoms with E-state index in [2.05, 4.69) is 0 Å². The summed E-state index contributed by atoms with van der Waals surface area (Å²) in [7, 11) is 0. The standard InChI is InChI=1S/C20H30O6/c1-12(10-24-20(22)14-4-6-16-18(9-14)26-16)2-7-19(21)23-11-13-3-5-15-17(8-13)25-15/h12-18H,2-11H2,1H3. The largest absolute Gasteiger partial charge is 0.465 e. The van der Waals surface area contributed by atoms with Crippen molar-refractivity contribution in [3.8, 4) is 0 Å². The molecule has 0 N–H and O–H groups in total. The normalized spacial score (nSPS) is 38.5. The van der Waals surface area contributed by atoms with Gasteiger partial charge >= 0.3 is 11.9 Å². The van der Waals surface area contributed by atoms with E-state index in [-0.39, 0.29) is 29.9 Å². The number of hydrogen-bond donors (Lipinski definition) is 0. The first-order valence-electron chi connectivity index (χ1n) is 10.2. The van der Waals surface area contributed by atoms with Crippen LogP contribution in [0.3, 0.4) is 0 Å². The fourth-order valence-corrected chi connectivity index (χ4v) is 4.33. The van der Waals surface area contributed by atoms with Crippen molar-refractivity contribution >= 4 is 11.9 Å². The minimum Gasteiger partial charge on any atom is -0.465 e. The van der Waals surface area contributed by atoms with Gasteiger partial charge in [0.2, 0.25) is 0 Å². The van der Waals surface area contributed by atoms with Crippen LogP contribution in [0, 0.1) is 17.8 Å². The Morgan fingerprint density at radius 3 is 2.42 bits per heavy atom. The second-order valence-corrected chi connectivity index (χ2v) is 8.57. The summed E-state index contributed by atoms with van der Waals surface area (Å²) in [6.07, 6.45) is 8.52. The summed E-state index contributed by atoms with van der Waals surface area (Å²) in [5, 5.41) is 0. The van der Waals surface area contributed by atoms with Crippen LogP contribution in [0.5, 0.6) is 0 Å². The third-order valence-electron chi connectivity index (χ3n) is 6.28. The highest BCUT2D eigenvalue weighted by molar-refractivity contribution is 5.72. The summed E-state index contributed by atoms with van der Waals surface area (Å²) in [6, 6.07) is 0.